The average Bonchev–Trinajstić information content (AvgIpc) is 3.44. The summed E-state index contributed by atoms with van der Waals surface area (Å²) < 4.78 is 7.06. The molecule has 0 N–H and O–H groups in total. The van der Waals surface area contributed by atoms with E-state index < -0.39 is 0 Å². The van der Waals surface area contributed by atoms with Gasteiger partial charge in [-0.15, -0.1) is 11.3 Å². The molecule has 0 atom stereocenters. The number of piperazine rings is 1. The van der Waals surface area contributed by atoms with Gasteiger partial charge in [0.15, 0.2) is 5.58 Å². The normalized spacial score (nSPS) is 16.1. The molecule has 28 heavy (non-hydrogen) atoms. The summed E-state index contributed by atoms with van der Waals surface area (Å²) in [5.74, 6) is -0.285. The fraction of sp³-hybridized carbons (Fsp3) is 0.300. The Kier molecular flexibility index (Phi) is 4.86. The molecule has 144 valence electrons. The highest BCUT2D eigenvalue weighted by Gasteiger charge is 2.20. The van der Waals surface area contributed by atoms with Crippen LogP contribution in [0.4, 0.5) is 0 Å². The summed E-state index contributed by atoms with van der Waals surface area (Å²) in [6, 6.07) is 9.71. The average molecular weight is 413 g/mol. The maximum Gasteiger partial charge on any atom is 0.421 e. The van der Waals surface area contributed by atoms with Gasteiger partial charge in [0, 0.05) is 49.0 Å². The first-order valence-electron chi connectivity index (χ1n) is 9.26. The Morgan fingerprint density at radius 2 is 1.86 bits per heavy atom. The van der Waals surface area contributed by atoms with Crippen molar-refractivity contribution in [1.82, 2.24) is 19.4 Å². The molecule has 1 fully saturated rings. The third-order valence-electron chi connectivity index (χ3n) is 5.09. The summed E-state index contributed by atoms with van der Waals surface area (Å²) in [6.45, 7) is 5.23. The van der Waals surface area contributed by atoms with Crippen LogP contribution in [-0.4, -0.2) is 45.5 Å². The number of rotatable bonds is 5. The number of hydrogen-bond donors (Lipinski definition) is 0. The van der Waals surface area contributed by atoms with Crippen molar-refractivity contribution in [3.63, 3.8) is 0 Å². The van der Waals surface area contributed by atoms with E-state index in [2.05, 4.69) is 32.0 Å². The second kappa shape index (κ2) is 7.63. The quantitative estimate of drug-likeness (QED) is 0.502. The molecule has 1 aliphatic heterocycles. The number of fused-ring (bicyclic) bond motifs is 1. The Morgan fingerprint density at radius 1 is 1.04 bits per heavy atom. The van der Waals surface area contributed by atoms with E-state index in [1.807, 2.05) is 24.3 Å². The highest BCUT2D eigenvalue weighted by molar-refractivity contribution is 7.14. The minimum absolute atomic E-state index is 0.285. The SMILES string of the molecule is O=c1oc2ccccc2n1CN1CCN(Cc2csc(-c3ccsc3)n2)CC1. The molecular weight excluding hydrogens is 392 g/mol. The van der Waals surface area contributed by atoms with Crippen molar-refractivity contribution in [2.45, 2.75) is 13.2 Å². The van der Waals surface area contributed by atoms with Crippen molar-refractivity contribution < 1.29 is 4.42 Å². The fourth-order valence-corrected chi connectivity index (χ4v) is 5.09. The van der Waals surface area contributed by atoms with Gasteiger partial charge in [0.1, 0.15) is 5.01 Å². The summed E-state index contributed by atoms with van der Waals surface area (Å²) in [6.07, 6.45) is 0. The minimum atomic E-state index is -0.285. The van der Waals surface area contributed by atoms with Crippen LogP contribution in [0.2, 0.25) is 0 Å². The molecule has 6 nitrogen and oxygen atoms in total. The molecule has 0 spiro atoms. The predicted molar refractivity (Wildman–Crippen MR) is 113 cm³/mol. The summed E-state index contributed by atoms with van der Waals surface area (Å²) in [4.78, 5) is 21.7. The van der Waals surface area contributed by atoms with Crippen molar-refractivity contribution in [1.29, 1.82) is 0 Å². The lowest BCUT2D eigenvalue weighted by molar-refractivity contribution is 0.101. The zero-order chi connectivity index (χ0) is 18.9. The van der Waals surface area contributed by atoms with Crippen LogP contribution in [0, 0.1) is 0 Å². The summed E-state index contributed by atoms with van der Waals surface area (Å²) >= 11 is 3.41. The number of aromatic nitrogens is 2. The molecule has 4 heterocycles. The van der Waals surface area contributed by atoms with Crippen LogP contribution in [0.5, 0.6) is 0 Å². The van der Waals surface area contributed by atoms with Crippen molar-refractivity contribution in [3.05, 3.63) is 62.7 Å². The van der Waals surface area contributed by atoms with Gasteiger partial charge in [0.25, 0.3) is 0 Å². The van der Waals surface area contributed by atoms with E-state index >= 15 is 0 Å². The third-order valence-corrected chi connectivity index (χ3v) is 6.71. The lowest BCUT2D eigenvalue weighted by Gasteiger charge is -2.34. The summed E-state index contributed by atoms with van der Waals surface area (Å²) in [5.41, 5.74) is 3.86. The van der Waals surface area contributed by atoms with Crippen molar-refractivity contribution >= 4 is 33.8 Å². The topological polar surface area (TPSA) is 54.5 Å². The molecule has 1 aromatic carbocycles. The van der Waals surface area contributed by atoms with Crippen LogP contribution < -0.4 is 5.76 Å². The molecule has 5 rings (SSSR count). The number of nitrogens with zero attached hydrogens (tertiary/aromatic N) is 4. The Labute approximate surface area is 170 Å². The second-order valence-corrected chi connectivity index (χ2v) is 8.59. The van der Waals surface area contributed by atoms with Gasteiger partial charge in [0.2, 0.25) is 0 Å². The van der Waals surface area contributed by atoms with Crippen molar-refractivity contribution in [2.24, 2.45) is 0 Å². The highest BCUT2D eigenvalue weighted by atomic mass is 32.1. The van der Waals surface area contributed by atoms with Crippen LogP contribution in [-0.2, 0) is 13.2 Å². The van der Waals surface area contributed by atoms with Crippen LogP contribution >= 0.6 is 22.7 Å². The maximum atomic E-state index is 12.2. The zero-order valence-electron chi connectivity index (χ0n) is 15.3. The first kappa shape index (κ1) is 17.8. The monoisotopic (exact) mass is 412 g/mol. The predicted octanol–water partition coefficient (Wildman–Crippen LogP) is 3.55. The van der Waals surface area contributed by atoms with E-state index in [0.717, 1.165) is 48.9 Å². The maximum absolute atomic E-state index is 12.2. The van der Waals surface area contributed by atoms with Gasteiger partial charge < -0.3 is 4.42 Å². The lowest BCUT2D eigenvalue weighted by Crippen LogP contribution is -2.47. The van der Waals surface area contributed by atoms with Crippen LogP contribution in [0.1, 0.15) is 5.69 Å². The molecule has 4 aromatic rings. The van der Waals surface area contributed by atoms with Crippen molar-refractivity contribution in [3.8, 4) is 10.6 Å². The fourth-order valence-electron chi connectivity index (χ4n) is 3.56. The number of thiazole rings is 1. The second-order valence-electron chi connectivity index (χ2n) is 6.96. The van der Waals surface area contributed by atoms with Gasteiger partial charge in [0.05, 0.1) is 17.9 Å². The van der Waals surface area contributed by atoms with E-state index in [1.54, 1.807) is 27.2 Å². The van der Waals surface area contributed by atoms with E-state index in [4.69, 9.17) is 9.40 Å². The lowest BCUT2D eigenvalue weighted by atomic mass is 10.3. The number of thiophene rings is 1. The standard InChI is InChI=1S/C20H20N4O2S2/c25-20-24(17-3-1-2-4-18(17)26-20)14-23-8-6-22(7-9-23)11-16-13-28-19(21-16)15-5-10-27-12-15/h1-5,10,12-13H,6-9,11,14H2. The van der Waals surface area contributed by atoms with Crippen LogP contribution in [0.15, 0.2) is 55.7 Å². The Hall–Kier alpha value is -2.26. The number of benzene rings is 1. The van der Waals surface area contributed by atoms with E-state index in [1.165, 1.54) is 5.56 Å². The molecule has 0 amide bonds. The summed E-state index contributed by atoms with van der Waals surface area (Å²) in [5, 5.41) is 7.49. The van der Waals surface area contributed by atoms with Crippen LogP contribution in [0.3, 0.4) is 0 Å². The number of oxazole rings is 1. The Balaban J connectivity index is 1.20. The first-order valence-corrected chi connectivity index (χ1v) is 11.1. The Bertz CT molecular complexity index is 1120. The molecule has 1 saturated heterocycles. The number of hydrogen-bond acceptors (Lipinski definition) is 7. The minimum Gasteiger partial charge on any atom is -0.408 e. The zero-order valence-corrected chi connectivity index (χ0v) is 16.9. The smallest absolute Gasteiger partial charge is 0.408 e. The molecule has 0 bridgehead atoms. The molecule has 3 aromatic heterocycles. The molecule has 0 aliphatic carbocycles. The van der Waals surface area contributed by atoms with Gasteiger partial charge in [-0.2, -0.15) is 11.3 Å². The van der Waals surface area contributed by atoms with Crippen LogP contribution in [0.25, 0.3) is 21.7 Å². The molecular formula is C20H20N4O2S2. The first-order chi connectivity index (χ1) is 13.8. The molecule has 0 radical (unpaired) electrons. The van der Waals surface area contributed by atoms with Gasteiger partial charge in [-0.05, 0) is 23.6 Å². The van der Waals surface area contributed by atoms with Crippen molar-refractivity contribution in [2.75, 3.05) is 26.2 Å². The summed E-state index contributed by atoms with van der Waals surface area (Å²) in [7, 11) is 0. The highest BCUT2D eigenvalue weighted by Crippen LogP contribution is 2.26. The molecule has 0 saturated carbocycles. The molecule has 1 aliphatic rings. The third kappa shape index (κ3) is 3.56. The van der Waals surface area contributed by atoms with Gasteiger partial charge >= 0.3 is 5.76 Å². The van der Waals surface area contributed by atoms with Gasteiger partial charge in [-0.3, -0.25) is 14.4 Å². The largest absolute Gasteiger partial charge is 0.421 e. The van der Waals surface area contributed by atoms with E-state index in [-0.39, 0.29) is 5.76 Å². The Morgan fingerprint density at radius 3 is 2.68 bits per heavy atom. The molecule has 0 unspecified atom stereocenters. The van der Waals surface area contributed by atoms with E-state index in [0.29, 0.717) is 12.3 Å². The van der Waals surface area contributed by atoms with Gasteiger partial charge in [-0.25, -0.2) is 9.78 Å². The van der Waals surface area contributed by atoms with Gasteiger partial charge in [-0.1, -0.05) is 12.1 Å². The van der Waals surface area contributed by atoms with E-state index in [9.17, 15) is 4.79 Å². The molecule has 8 heteroatoms. The number of para-hydroxylation sites is 2.